The maximum absolute atomic E-state index is 12.7. The zero-order chi connectivity index (χ0) is 18.1. The Morgan fingerprint density at radius 2 is 1.62 bits per heavy atom. The molecule has 1 N–H and O–H groups in total. The molecule has 2 fully saturated rings. The summed E-state index contributed by atoms with van der Waals surface area (Å²) < 4.78 is 0. The Hall–Kier alpha value is -2.95. The Bertz CT molecular complexity index is 841. The zero-order valence-corrected chi connectivity index (χ0v) is 14.4. The highest BCUT2D eigenvalue weighted by Crippen LogP contribution is 2.33. The summed E-state index contributed by atoms with van der Waals surface area (Å²) in [6.07, 6.45) is 2.81. The summed E-state index contributed by atoms with van der Waals surface area (Å²) in [4.78, 5) is 38.6. The number of rotatable bonds is 5. The van der Waals surface area contributed by atoms with Gasteiger partial charge in [0.05, 0.1) is 0 Å². The third-order valence-electron chi connectivity index (χ3n) is 4.93. The Labute approximate surface area is 152 Å². The van der Waals surface area contributed by atoms with Gasteiger partial charge in [0.1, 0.15) is 6.04 Å². The number of nitrogens with one attached hydrogen (secondary N) is 1. The SMILES string of the molecule is O=C(c1ccc(NC(=O)C2CCC(=O)N2c2ccccc2)cc1)C1CC1. The third kappa shape index (κ3) is 3.25. The molecular weight excluding hydrogens is 328 g/mol. The summed E-state index contributed by atoms with van der Waals surface area (Å²) in [5.41, 5.74) is 2.06. The van der Waals surface area contributed by atoms with Gasteiger partial charge in [-0.25, -0.2) is 0 Å². The average molecular weight is 348 g/mol. The molecule has 0 bridgehead atoms. The number of carbonyl (C=O) groups is 3. The average Bonchev–Trinajstić information content (AvgIpc) is 3.44. The van der Waals surface area contributed by atoms with Crippen LogP contribution in [0.1, 0.15) is 36.0 Å². The van der Waals surface area contributed by atoms with E-state index in [1.165, 1.54) is 0 Å². The summed E-state index contributed by atoms with van der Waals surface area (Å²) in [7, 11) is 0. The van der Waals surface area contributed by atoms with Gasteiger partial charge in [-0.15, -0.1) is 0 Å². The highest BCUT2D eigenvalue weighted by atomic mass is 16.2. The second kappa shape index (κ2) is 6.75. The van der Waals surface area contributed by atoms with E-state index in [4.69, 9.17) is 0 Å². The van der Waals surface area contributed by atoms with Crippen LogP contribution in [-0.4, -0.2) is 23.6 Å². The van der Waals surface area contributed by atoms with Crippen molar-refractivity contribution in [2.24, 2.45) is 5.92 Å². The smallest absolute Gasteiger partial charge is 0.247 e. The van der Waals surface area contributed by atoms with E-state index in [1.54, 1.807) is 29.2 Å². The van der Waals surface area contributed by atoms with Gasteiger partial charge in [-0.05, 0) is 55.7 Å². The molecule has 4 rings (SSSR count). The van der Waals surface area contributed by atoms with Crippen molar-refractivity contribution in [1.29, 1.82) is 0 Å². The van der Waals surface area contributed by atoms with E-state index in [1.807, 2.05) is 30.3 Å². The molecule has 1 aliphatic heterocycles. The minimum absolute atomic E-state index is 0.0401. The number of ketones is 1. The largest absolute Gasteiger partial charge is 0.324 e. The van der Waals surface area contributed by atoms with Gasteiger partial charge in [-0.3, -0.25) is 19.3 Å². The fraction of sp³-hybridized carbons (Fsp3) is 0.286. The molecule has 2 aromatic carbocycles. The first-order valence-electron chi connectivity index (χ1n) is 8.96. The van der Waals surface area contributed by atoms with Crippen molar-refractivity contribution < 1.29 is 14.4 Å². The van der Waals surface area contributed by atoms with Crippen LogP contribution in [0.15, 0.2) is 54.6 Å². The normalized spacial score (nSPS) is 19.5. The summed E-state index contributed by atoms with van der Waals surface area (Å²) >= 11 is 0. The number of anilines is 2. The molecule has 0 radical (unpaired) electrons. The van der Waals surface area contributed by atoms with Gasteiger partial charge in [0, 0.05) is 29.3 Å². The van der Waals surface area contributed by atoms with Crippen molar-refractivity contribution in [3.63, 3.8) is 0 Å². The molecule has 2 aromatic rings. The van der Waals surface area contributed by atoms with Gasteiger partial charge in [0.15, 0.2) is 5.78 Å². The first-order chi connectivity index (χ1) is 12.6. The molecule has 1 aliphatic carbocycles. The Kier molecular flexibility index (Phi) is 4.29. The fourth-order valence-corrected chi connectivity index (χ4v) is 3.37. The van der Waals surface area contributed by atoms with Crippen LogP contribution in [0.4, 0.5) is 11.4 Å². The number of benzene rings is 2. The third-order valence-corrected chi connectivity index (χ3v) is 4.93. The summed E-state index contributed by atoms with van der Waals surface area (Å²) in [6.45, 7) is 0. The van der Waals surface area contributed by atoms with Crippen molar-refractivity contribution in [2.45, 2.75) is 31.7 Å². The number of nitrogens with zero attached hydrogens (tertiary/aromatic N) is 1. The van der Waals surface area contributed by atoms with E-state index in [0.29, 0.717) is 24.1 Å². The molecule has 1 saturated heterocycles. The minimum Gasteiger partial charge on any atom is -0.324 e. The second-order valence-electron chi connectivity index (χ2n) is 6.86. The molecule has 1 unspecified atom stereocenters. The maximum Gasteiger partial charge on any atom is 0.247 e. The highest BCUT2D eigenvalue weighted by Gasteiger charge is 2.37. The molecule has 0 aromatic heterocycles. The molecular formula is C21H20N2O3. The van der Waals surface area contributed by atoms with Gasteiger partial charge < -0.3 is 5.32 Å². The number of Topliss-reactive ketones (excluding diaryl/α,β-unsaturated/α-hetero) is 1. The number of carbonyl (C=O) groups excluding carboxylic acids is 3. The first-order valence-corrected chi connectivity index (χ1v) is 8.96. The lowest BCUT2D eigenvalue weighted by Crippen LogP contribution is -2.41. The molecule has 2 aliphatic rings. The van der Waals surface area contributed by atoms with Crippen LogP contribution >= 0.6 is 0 Å². The molecule has 1 heterocycles. The topological polar surface area (TPSA) is 66.5 Å². The standard InChI is InChI=1S/C21H20N2O3/c24-19-13-12-18(23(19)17-4-2-1-3-5-17)21(26)22-16-10-8-15(9-11-16)20(25)14-6-7-14/h1-5,8-11,14,18H,6-7,12-13H2,(H,22,26). The van der Waals surface area contributed by atoms with E-state index < -0.39 is 6.04 Å². The van der Waals surface area contributed by atoms with E-state index in [9.17, 15) is 14.4 Å². The van der Waals surface area contributed by atoms with E-state index in [2.05, 4.69) is 5.32 Å². The Balaban J connectivity index is 1.47. The molecule has 5 heteroatoms. The van der Waals surface area contributed by atoms with Gasteiger partial charge in [-0.1, -0.05) is 18.2 Å². The monoisotopic (exact) mass is 348 g/mol. The fourth-order valence-electron chi connectivity index (χ4n) is 3.37. The van der Waals surface area contributed by atoms with Crippen LogP contribution in [0.25, 0.3) is 0 Å². The highest BCUT2D eigenvalue weighted by molar-refractivity contribution is 6.07. The zero-order valence-electron chi connectivity index (χ0n) is 14.4. The number of hydrogen-bond donors (Lipinski definition) is 1. The summed E-state index contributed by atoms with van der Waals surface area (Å²) in [5, 5.41) is 2.87. The molecule has 1 saturated carbocycles. The number of hydrogen-bond acceptors (Lipinski definition) is 3. The van der Waals surface area contributed by atoms with Crippen LogP contribution in [0.3, 0.4) is 0 Å². The van der Waals surface area contributed by atoms with Crippen LogP contribution in [0.2, 0.25) is 0 Å². The molecule has 5 nitrogen and oxygen atoms in total. The second-order valence-corrected chi connectivity index (χ2v) is 6.86. The van der Waals surface area contributed by atoms with Crippen LogP contribution in [0, 0.1) is 5.92 Å². The lowest BCUT2D eigenvalue weighted by Gasteiger charge is -2.24. The minimum atomic E-state index is -0.516. The predicted molar refractivity (Wildman–Crippen MR) is 99.1 cm³/mol. The summed E-state index contributed by atoms with van der Waals surface area (Å²) in [5.74, 6) is 0.113. The molecule has 2 amide bonds. The molecule has 0 spiro atoms. The van der Waals surface area contributed by atoms with Crippen LogP contribution in [0.5, 0.6) is 0 Å². The summed E-state index contributed by atoms with van der Waals surface area (Å²) in [6, 6.07) is 15.7. The molecule has 26 heavy (non-hydrogen) atoms. The maximum atomic E-state index is 12.7. The van der Waals surface area contributed by atoms with Crippen LogP contribution < -0.4 is 10.2 Å². The van der Waals surface area contributed by atoms with Gasteiger partial charge in [0.25, 0.3) is 0 Å². The van der Waals surface area contributed by atoms with Gasteiger partial charge in [0.2, 0.25) is 11.8 Å². The van der Waals surface area contributed by atoms with Gasteiger partial charge >= 0.3 is 0 Å². The van der Waals surface area contributed by atoms with Crippen molar-refractivity contribution in [1.82, 2.24) is 0 Å². The lowest BCUT2D eigenvalue weighted by atomic mass is 10.1. The van der Waals surface area contributed by atoms with Crippen LogP contribution in [-0.2, 0) is 9.59 Å². The number of para-hydroxylation sites is 1. The predicted octanol–water partition coefficient (Wildman–Crippen LogP) is 3.41. The van der Waals surface area contributed by atoms with Crippen molar-refractivity contribution in [2.75, 3.05) is 10.2 Å². The van der Waals surface area contributed by atoms with E-state index >= 15 is 0 Å². The Morgan fingerprint density at radius 3 is 2.27 bits per heavy atom. The van der Waals surface area contributed by atoms with Crippen molar-refractivity contribution >= 4 is 29.0 Å². The lowest BCUT2D eigenvalue weighted by molar-refractivity contribution is -0.120. The molecule has 132 valence electrons. The quantitative estimate of drug-likeness (QED) is 0.842. The van der Waals surface area contributed by atoms with Gasteiger partial charge in [-0.2, -0.15) is 0 Å². The first kappa shape index (κ1) is 16.5. The Morgan fingerprint density at radius 1 is 0.923 bits per heavy atom. The van der Waals surface area contributed by atoms with E-state index in [-0.39, 0.29) is 23.5 Å². The molecule has 1 atom stereocenters. The number of amides is 2. The van der Waals surface area contributed by atoms with Crippen molar-refractivity contribution in [3.8, 4) is 0 Å². The van der Waals surface area contributed by atoms with Crippen molar-refractivity contribution in [3.05, 3.63) is 60.2 Å². The van der Waals surface area contributed by atoms with E-state index in [0.717, 1.165) is 18.5 Å².